The molecule has 0 radical (unpaired) electrons. The number of para-hydroxylation sites is 1. The van der Waals surface area contributed by atoms with Crippen molar-refractivity contribution in [2.24, 2.45) is 7.05 Å². The second-order valence-corrected chi connectivity index (χ2v) is 7.33. The van der Waals surface area contributed by atoms with Gasteiger partial charge in [-0.05, 0) is 19.1 Å². The SMILES string of the molecule is Cc1oc2ncn(C)c(=O)c2c1C(=O)OCC(=O)N(C)Cc1cnn(-c2ccccc2)c1. The molecule has 0 N–H and O–H groups in total. The molecule has 4 rings (SSSR count). The summed E-state index contributed by atoms with van der Waals surface area (Å²) in [6, 6.07) is 9.60. The van der Waals surface area contributed by atoms with E-state index in [4.69, 9.17) is 9.15 Å². The van der Waals surface area contributed by atoms with Gasteiger partial charge in [-0.25, -0.2) is 14.5 Å². The van der Waals surface area contributed by atoms with Crippen molar-refractivity contribution in [1.29, 1.82) is 0 Å². The van der Waals surface area contributed by atoms with Crippen molar-refractivity contribution < 1.29 is 18.7 Å². The van der Waals surface area contributed by atoms with Gasteiger partial charge >= 0.3 is 5.97 Å². The standard InChI is InChI=1S/C22H21N5O5/c1-14-18(19-20(32-14)23-13-26(3)21(19)29)22(30)31-12-17(28)25(2)10-15-9-24-27(11-15)16-7-5-4-6-8-16/h4-9,11,13H,10,12H2,1-3H3. The lowest BCUT2D eigenvalue weighted by molar-refractivity contribution is -0.133. The minimum absolute atomic E-state index is 0.0201. The van der Waals surface area contributed by atoms with Crippen LogP contribution in [0.3, 0.4) is 0 Å². The van der Waals surface area contributed by atoms with Crippen molar-refractivity contribution in [3.05, 3.63) is 76.3 Å². The molecule has 164 valence electrons. The molecule has 0 aliphatic heterocycles. The van der Waals surface area contributed by atoms with Crippen LogP contribution < -0.4 is 5.56 Å². The quantitative estimate of drug-likeness (QED) is 0.425. The number of hydrogen-bond acceptors (Lipinski definition) is 7. The minimum atomic E-state index is -0.815. The first-order valence-corrected chi connectivity index (χ1v) is 9.80. The number of rotatable bonds is 6. The van der Waals surface area contributed by atoms with Gasteiger partial charge < -0.3 is 18.6 Å². The van der Waals surface area contributed by atoms with Crippen LogP contribution in [0.15, 0.2) is 58.3 Å². The van der Waals surface area contributed by atoms with Crippen molar-refractivity contribution in [3.8, 4) is 5.69 Å². The van der Waals surface area contributed by atoms with Crippen molar-refractivity contribution in [3.63, 3.8) is 0 Å². The largest absolute Gasteiger partial charge is 0.452 e. The van der Waals surface area contributed by atoms with Crippen molar-refractivity contribution in [2.75, 3.05) is 13.7 Å². The number of carbonyl (C=O) groups excluding carboxylic acids is 2. The molecule has 10 nitrogen and oxygen atoms in total. The highest BCUT2D eigenvalue weighted by molar-refractivity contribution is 6.03. The highest BCUT2D eigenvalue weighted by Gasteiger charge is 2.24. The van der Waals surface area contributed by atoms with Crippen LogP contribution >= 0.6 is 0 Å². The van der Waals surface area contributed by atoms with Crippen LogP contribution in [0.25, 0.3) is 16.8 Å². The van der Waals surface area contributed by atoms with E-state index < -0.39 is 24.0 Å². The van der Waals surface area contributed by atoms with Crippen LogP contribution in [-0.4, -0.2) is 49.8 Å². The molecule has 0 spiro atoms. The normalized spacial score (nSPS) is 11.0. The number of amides is 1. The summed E-state index contributed by atoms with van der Waals surface area (Å²) in [5.41, 5.74) is 1.33. The number of likely N-dealkylation sites (N-methyl/N-ethyl adjacent to an activating group) is 1. The van der Waals surface area contributed by atoms with Gasteiger partial charge in [-0.15, -0.1) is 0 Å². The Hall–Kier alpha value is -4.21. The van der Waals surface area contributed by atoms with E-state index in [1.54, 1.807) is 17.9 Å². The highest BCUT2D eigenvalue weighted by atomic mass is 16.5. The number of hydrogen-bond donors (Lipinski definition) is 0. The fourth-order valence-electron chi connectivity index (χ4n) is 3.27. The molecule has 0 fully saturated rings. The molecule has 4 aromatic rings. The van der Waals surface area contributed by atoms with E-state index in [0.717, 1.165) is 11.3 Å². The van der Waals surface area contributed by atoms with Crippen molar-refractivity contribution in [2.45, 2.75) is 13.5 Å². The van der Waals surface area contributed by atoms with Crippen LogP contribution in [0.4, 0.5) is 0 Å². The molecule has 0 saturated carbocycles. The van der Waals surface area contributed by atoms with Gasteiger partial charge in [0.1, 0.15) is 23.0 Å². The van der Waals surface area contributed by atoms with Gasteiger partial charge in [0.2, 0.25) is 5.71 Å². The fourth-order valence-corrected chi connectivity index (χ4v) is 3.27. The number of aromatic nitrogens is 4. The maximum absolute atomic E-state index is 12.6. The third-order valence-electron chi connectivity index (χ3n) is 4.98. The Morgan fingerprint density at radius 2 is 1.97 bits per heavy atom. The lowest BCUT2D eigenvalue weighted by Crippen LogP contribution is -2.31. The van der Waals surface area contributed by atoms with Gasteiger partial charge in [0, 0.05) is 32.4 Å². The van der Waals surface area contributed by atoms with E-state index in [-0.39, 0.29) is 22.4 Å². The zero-order chi connectivity index (χ0) is 22.8. The van der Waals surface area contributed by atoms with E-state index in [1.807, 2.05) is 36.5 Å². The van der Waals surface area contributed by atoms with Crippen LogP contribution in [-0.2, 0) is 23.1 Å². The molecule has 32 heavy (non-hydrogen) atoms. The van der Waals surface area contributed by atoms with Crippen LogP contribution in [0.5, 0.6) is 0 Å². The second-order valence-electron chi connectivity index (χ2n) is 7.33. The average molecular weight is 435 g/mol. The summed E-state index contributed by atoms with van der Waals surface area (Å²) in [7, 11) is 3.12. The Morgan fingerprint density at radius 3 is 2.72 bits per heavy atom. The molecule has 10 heteroatoms. The molecule has 0 bridgehead atoms. The molecule has 1 aromatic carbocycles. The Bertz CT molecular complexity index is 1350. The zero-order valence-corrected chi connectivity index (χ0v) is 17.8. The van der Waals surface area contributed by atoms with Gasteiger partial charge in [-0.3, -0.25) is 9.59 Å². The Balaban J connectivity index is 1.41. The summed E-state index contributed by atoms with van der Waals surface area (Å²) in [6.45, 7) is 1.35. The lowest BCUT2D eigenvalue weighted by atomic mass is 10.2. The van der Waals surface area contributed by atoms with E-state index >= 15 is 0 Å². The molecule has 0 aliphatic carbocycles. The average Bonchev–Trinajstić information content (AvgIpc) is 3.39. The molecular formula is C22H21N5O5. The fraction of sp³-hybridized carbons (Fsp3) is 0.227. The number of ether oxygens (including phenoxy) is 1. The monoisotopic (exact) mass is 435 g/mol. The van der Waals surface area contributed by atoms with E-state index in [1.165, 1.54) is 29.8 Å². The van der Waals surface area contributed by atoms with Gasteiger partial charge in [-0.2, -0.15) is 5.10 Å². The molecule has 0 saturated heterocycles. The van der Waals surface area contributed by atoms with Crippen molar-refractivity contribution in [1.82, 2.24) is 24.2 Å². The first-order chi connectivity index (χ1) is 15.3. The summed E-state index contributed by atoms with van der Waals surface area (Å²) < 4.78 is 13.5. The molecule has 0 unspecified atom stereocenters. The number of aryl methyl sites for hydroxylation is 2. The molecule has 1 amide bonds. The summed E-state index contributed by atoms with van der Waals surface area (Å²) in [5.74, 6) is -1.01. The summed E-state index contributed by atoms with van der Waals surface area (Å²) in [4.78, 5) is 42.9. The summed E-state index contributed by atoms with van der Waals surface area (Å²) >= 11 is 0. The van der Waals surface area contributed by atoms with Crippen LogP contribution in [0.1, 0.15) is 21.7 Å². The van der Waals surface area contributed by atoms with Crippen molar-refractivity contribution >= 4 is 23.0 Å². The number of carbonyl (C=O) groups is 2. The van der Waals surface area contributed by atoms with E-state index in [9.17, 15) is 14.4 Å². The Morgan fingerprint density at radius 1 is 1.22 bits per heavy atom. The number of furan rings is 1. The first kappa shape index (κ1) is 21.0. The Kier molecular flexibility index (Phi) is 5.59. The topological polar surface area (TPSA) is 112 Å². The number of benzene rings is 1. The molecule has 0 aliphatic rings. The number of nitrogens with zero attached hydrogens (tertiary/aromatic N) is 5. The van der Waals surface area contributed by atoms with Gasteiger partial charge in [0.25, 0.3) is 11.5 Å². The van der Waals surface area contributed by atoms with Crippen LogP contribution in [0, 0.1) is 6.92 Å². The van der Waals surface area contributed by atoms with E-state index in [0.29, 0.717) is 6.54 Å². The van der Waals surface area contributed by atoms with Gasteiger partial charge in [0.15, 0.2) is 6.61 Å². The molecule has 0 atom stereocenters. The molecular weight excluding hydrogens is 414 g/mol. The van der Waals surface area contributed by atoms with Gasteiger partial charge in [-0.1, -0.05) is 18.2 Å². The summed E-state index contributed by atoms with van der Waals surface area (Å²) in [5, 5.41) is 4.34. The Labute approximate surface area is 182 Å². The predicted octanol–water partition coefficient (Wildman–Crippen LogP) is 1.84. The van der Waals surface area contributed by atoms with E-state index in [2.05, 4.69) is 10.1 Å². The van der Waals surface area contributed by atoms with Gasteiger partial charge in [0.05, 0.1) is 11.9 Å². The predicted molar refractivity (Wildman–Crippen MR) is 114 cm³/mol. The zero-order valence-electron chi connectivity index (χ0n) is 17.8. The maximum atomic E-state index is 12.6. The minimum Gasteiger partial charge on any atom is -0.452 e. The first-order valence-electron chi connectivity index (χ1n) is 9.80. The third kappa shape index (κ3) is 4.02. The summed E-state index contributed by atoms with van der Waals surface area (Å²) in [6.07, 6.45) is 4.81. The second kappa shape index (κ2) is 8.50. The number of esters is 1. The van der Waals surface area contributed by atoms with Crippen LogP contribution in [0.2, 0.25) is 0 Å². The number of fused-ring (bicyclic) bond motifs is 1. The third-order valence-corrected chi connectivity index (χ3v) is 4.98. The maximum Gasteiger partial charge on any atom is 0.343 e. The lowest BCUT2D eigenvalue weighted by Gasteiger charge is -2.16. The molecule has 3 aromatic heterocycles. The smallest absolute Gasteiger partial charge is 0.343 e. The molecule has 3 heterocycles. The highest BCUT2D eigenvalue weighted by Crippen LogP contribution is 2.21.